The molecule has 0 radical (unpaired) electrons. The van der Waals surface area contributed by atoms with E-state index in [2.05, 4.69) is 9.82 Å². The van der Waals surface area contributed by atoms with E-state index in [4.69, 9.17) is 5.11 Å². The number of halogens is 1. The number of rotatable bonds is 5. The summed E-state index contributed by atoms with van der Waals surface area (Å²) in [6, 6.07) is 2.37. The van der Waals surface area contributed by atoms with Gasteiger partial charge < -0.3 is 5.11 Å². The largest absolute Gasteiger partial charge is 0.392 e. The van der Waals surface area contributed by atoms with Crippen molar-refractivity contribution in [3.63, 3.8) is 0 Å². The van der Waals surface area contributed by atoms with Crippen molar-refractivity contribution in [2.24, 2.45) is 0 Å². The van der Waals surface area contributed by atoms with Gasteiger partial charge in [-0.25, -0.2) is 12.8 Å². The number of benzene rings is 1. The Morgan fingerprint density at radius 1 is 1.43 bits per heavy atom. The molecule has 0 saturated carbocycles. The average Bonchev–Trinajstić information content (AvgIpc) is 2.88. The Kier molecular flexibility index (Phi) is 4.29. The summed E-state index contributed by atoms with van der Waals surface area (Å²) in [6.07, 6.45) is 2.92. The van der Waals surface area contributed by atoms with E-state index in [9.17, 15) is 12.8 Å². The van der Waals surface area contributed by atoms with Crippen LogP contribution in [0.1, 0.15) is 18.1 Å². The lowest BCUT2D eigenvalue weighted by molar-refractivity contribution is 0.281. The minimum Gasteiger partial charge on any atom is -0.392 e. The number of aromatic nitrogens is 2. The quantitative estimate of drug-likeness (QED) is 0.879. The van der Waals surface area contributed by atoms with E-state index < -0.39 is 22.4 Å². The zero-order valence-corrected chi connectivity index (χ0v) is 12.5. The molecule has 0 aliphatic carbocycles. The molecular formula is C13H16FN3O3S. The first kappa shape index (κ1) is 15.5. The Labute approximate surface area is 122 Å². The van der Waals surface area contributed by atoms with Crippen LogP contribution >= 0.6 is 0 Å². The Balaban J connectivity index is 2.41. The van der Waals surface area contributed by atoms with E-state index in [0.29, 0.717) is 12.2 Å². The fourth-order valence-corrected chi connectivity index (χ4v) is 3.21. The summed E-state index contributed by atoms with van der Waals surface area (Å²) in [7, 11) is -3.95. The summed E-state index contributed by atoms with van der Waals surface area (Å²) in [5, 5.41) is 13.0. The van der Waals surface area contributed by atoms with Crippen molar-refractivity contribution < 1.29 is 17.9 Å². The van der Waals surface area contributed by atoms with Crippen LogP contribution in [0.2, 0.25) is 0 Å². The molecule has 8 heteroatoms. The van der Waals surface area contributed by atoms with Crippen molar-refractivity contribution >= 4 is 15.7 Å². The lowest BCUT2D eigenvalue weighted by Gasteiger charge is -2.11. The maximum Gasteiger partial charge on any atom is 0.262 e. The highest BCUT2D eigenvalue weighted by Gasteiger charge is 2.21. The topological polar surface area (TPSA) is 84.2 Å². The van der Waals surface area contributed by atoms with Crippen molar-refractivity contribution in [1.82, 2.24) is 9.78 Å². The highest BCUT2D eigenvalue weighted by Crippen LogP contribution is 2.23. The minimum absolute atomic E-state index is 0.00239. The molecule has 0 fully saturated rings. The summed E-state index contributed by atoms with van der Waals surface area (Å²) in [6.45, 7) is 3.42. The third-order valence-electron chi connectivity index (χ3n) is 3.04. The zero-order chi connectivity index (χ0) is 15.6. The first-order chi connectivity index (χ1) is 9.87. The van der Waals surface area contributed by atoms with Crippen LogP contribution in [0.15, 0.2) is 29.4 Å². The molecule has 0 bridgehead atoms. The van der Waals surface area contributed by atoms with Crippen molar-refractivity contribution in [2.45, 2.75) is 31.9 Å². The number of anilines is 1. The molecular weight excluding hydrogens is 297 g/mol. The Bertz CT molecular complexity index is 756. The third kappa shape index (κ3) is 3.22. The molecule has 0 unspecified atom stereocenters. The molecule has 21 heavy (non-hydrogen) atoms. The third-order valence-corrected chi connectivity index (χ3v) is 4.55. The van der Waals surface area contributed by atoms with Gasteiger partial charge in [0, 0.05) is 18.3 Å². The number of aliphatic hydroxyl groups excluding tert-OH is 1. The summed E-state index contributed by atoms with van der Waals surface area (Å²) < 4.78 is 42.3. The molecule has 2 aromatic rings. The molecule has 114 valence electrons. The van der Waals surface area contributed by atoms with Crippen LogP contribution in [-0.4, -0.2) is 23.3 Å². The lowest BCUT2D eigenvalue weighted by Crippen LogP contribution is -2.15. The number of sulfonamides is 1. The van der Waals surface area contributed by atoms with Crippen LogP contribution < -0.4 is 4.72 Å². The molecule has 0 atom stereocenters. The van der Waals surface area contributed by atoms with Gasteiger partial charge in [0.05, 0.1) is 23.4 Å². The molecule has 0 saturated heterocycles. The van der Waals surface area contributed by atoms with Gasteiger partial charge in [0.1, 0.15) is 5.82 Å². The molecule has 0 aliphatic rings. The number of hydrogen-bond acceptors (Lipinski definition) is 4. The van der Waals surface area contributed by atoms with Gasteiger partial charge in [0.15, 0.2) is 0 Å². The maximum absolute atomic E-state index is 13.7. The Hall–Kier alpha value is -1.93. The predicted molar refractivity (Wildman–Crippen MR) is 75.8 cm³/mol. The fraction of sp³-hybridized carbons (Fsp3) is 0.308. The normalized spacial score (nSPS) is 11.6. The van der Waals surface area contributed by atoms with E-state index in [1.54, 1.807) is 10.9 Å². The molecule has 2 N–H and O–H groups in total. The fourth-order valence-electron chi connectivity index (χ4n) is 1.88. The van der Waals surface area contributed by atoms with Crippen molar-refractivity contribution in [3.8, 4) is 0 Å². The number of nitrogens with zero attached hydrogens (tertiary/aromatic N) is 2. The summed E-state index contributed by atoms with van der Waals surface area (Å²) in [5.41, 5.74) is 0.497. The number of aryl methyl sites for hydroxylation is 1. The second-order valence-electron chi connectivity index (χ2n) is 4.55. The van der Waals surface area contributed by atoms with Crippen molar-refractivity contribution in [1.29, 1.82) is 0 Å². The van der Waals surface area contributed by atoms with Gasteiger partial charge in [0.2, 0.25) is 0 Å². The van der Waals surface area contributed by atoms with Gasteiger partial charge >= 0.3 is 0 Å². The van der Waals surface area contributed by atoms with Gasteiger partial charge in [0.25, 0.3) is 10.0 Å². The van der Waals surface area contributed by atoms with Gasteiger partial charge in [-0.2, -0.15) is 5.10 Å². The predicted octanol–water partition coefficient (Wildman–Crippen LogP) is 1.64. The second-order valence-corrected chi connectivity index (χ2v) is 6.20. The van der Waals surface area contributed by atoms with Crippen LogP contribution in [0.4, 0.5) is 10.1 Å². The van der Waals surface area contributed by atoms with Gasteiger partial charge in [-0.05, 0) is 31.5 Å². The minimum atomic E-state index is -3.95. The molecule has 1 heterocycles. The van der Waals surface area contributed by atoms with Gasteiger partial charge in [-0.3, -0.25) is 9.40 Å². The van der Waals surface area contributed by atoms with Crippen molar-refractivity contribution in [2.75, 3.05) is 4.72 Å². The molecule has 1 aromatic heterocycles. The molecule has 1 aromatic carbocycles. The van der Waals surface area contributed by atoms with Gasteiger partial charge in [-0.1, -0.05) is 0 Å². The van der Waals surface area contributed by atoms with Crippen molar-refractivity contribution in [3.05, 3.63) is 41.5 Å². The van der Waals surface area contributed by atoms with Crippen LogP contribution in [0.5, 0.6) is 0 Å². The monoisotopic (exact) mass is 313 g/mol. The van der Waals surface area contributed by atoms with Crippen LogP contribution in [-0.2, 0) is 23.2 Å². The van der Waals surface area contributed by atoms with E-state index in [1.165, 1.54) is 19.2 Å². The lowest BCUT2D eigenvalue weighted by atomic mass is 10.1. The van der Waals surface area contributed by atoms with Crippen LogP contribution in [0.3, 0.4) is 0 Å². The standard InChI is InChI=1S/C13H16FN3O3S/c1-3-17-7-11(6-15-17)16-21(19,20)13-5-10(8-18)4-12(14)9(13)2/h4-7,16,18H,3,8H2,1-2H3. The molecule has 0 aliphatic heterocycles. The first-order valence-electron chi connectivity index (χ1n) is 6.32. The zero-order valence-electron chi connectivity index (χ0n) is 11.7. The molecule has 0 amide bonds. The van der Waals surface area contributed by atoms with Crippen LogP contribution in [0, 0.1) is 12.7 Å². The van der Waals surface area contributed by atoms with E-state index in [0.717, 1.165) is 6.07 Å². The molecule has 6 nitrogen and oxygen atoms in total. The van der Waals surface area contributed by atoms with E-state index in [1.807, 2.05) is 6.92 Å². The SMILES string of the molecule is CCn1cc(NS(=O)(=O)c2cc(CO)cc(F)c2C)cn1. The summed E-state index contributed by atoms with van der Waals surface area (Å²) in [5.74, 6) is -0.675. The van der Waals surface area contributed by atoms with E-state index >= 15 is 0 Å². The van der Waals surface area contributed by atoms with Crippen LogP contribution in [0.25, 0.3) is 0 Å². The number of aliphatic hydroxyl groups is 1. The molecule has 2 rings (SSSR count). The smallest absolute Gasteiger partial charge is 0.262 e. The summed E-state index contributed by atoms with van der Waals surface area (Å²) in [4.78, 5) is -0.198. The maximum atomic E-state index is 13.7. The Morgan fingerprint density at radius 2 is 2.14 bits per heavy atom. The average molecular weight is 313 g/mol. The number of hydrogen-bond donors (Lipinski definition) is 2. The first-order valence-corrected chi connectivity index (χ1v) is 7.81. The highest BCUT2D eigenvalue weighted by atomic mass is 32.2. The molecule has 0 spiro atoms. The van der Waals surface area contributed by atoms with Gasteiger partial charge in [-0.15, -0.1) is 0 Å². The highest BCUT2D eigenvalue weighted by molar-refractivity contribution is 7.92. The Morgan fingerprint density at radius 3 is 2.71 bits per heavy atom. The second kappa shape index (κ2) is 5.82. The number of nitrogens with one attached hydrogen (secondary N) is 1. The van der Waals surface area contributed by atoms with E-state index in [-0.39, 0.29) is 16.0 Å². The summed E-state index contributed by atoms with van der Waals surface area (Å²) >= 11 is 0.